The van der Waals surface area contributed by atoms with Crippen LogP contribution in [-0.4, -0.2) is 35.3 Å². The fourth-order valence-corrected chi connectivity index (χ4v) is 2.91. The van der Waals surface area contributed by atoms with Crippen molar-refractivity contribution in [3.8, 4) is 5.69 Å². The minimum absolute atomic E-state index is 0.128. The molecule has 2 aromatic rings. The van der Waals surface area contributed by atoms with E-state index in [-0.39, 0.29) is 5.91 Å². The highest BCUT2D eigenvalue weighted by molar-refractivity contribution is 5.76. The van der Waals surface area contributed by atoms with Crippen LogP contribution in [-0.2, 0) is 11.2 Å². The van der Waals surface area contributed by atoms with Gasteiger partial charge in [-0.1, -0.05) is 18.2 Å². The molecule has 1 aromatic heterocycles. The minimum atomic E-state index is 0.128. The van der Waals surface area contributed by atoms with Crippen molar-refractivity contribution in [2.24, 2.45) is 5.92 Å². The van der Waals surface area contributed by atoms with Gasteiger partial charge >= 0.3 is 0 Å². The van der Waals surface area contributed by atoms with Gasteiger partial charge in [0.05, 0.1) is 11.9 Å². The number of hydrogen-bond acceptors (Lipinski definition) is 3. The van der Waals surface area contributed by atoms with Crippen LogP contribution >= 0.6 is 0 Å². The predicted octanol–water partition coefficient (Wildman–Crippen LogP) is 1.92. The molecule has 0 bridgehead atoms. The highest BCUT2D eigenvalue weighted by Crippen LogP contribution is 2.10. The Morgan fingerprint density at radius 3 is 3.00 bits per heavy atom. The van der Waals surface area contributed by atoms with E-state index in [1.54, 1.807) is 0 Å². The molecule has 0 spiro atoms. The third-order valence-corrected chi connectivity index (χ3v) is 4.28. The molecule has 1 atom stereocenters. The summed E-state index contributed by atoms with van der Waals surface area (Å²) >= 11 is 0. The lowest BCUT2D eigenvalue weighted by atomic mass is 10.00. The molecule has 1 aliphatic heterocycles. The lowest BCUT2D eigenvalue weighted by Gasteiger charge is -2.22. The highest BCUT2D eigenvalue weighted by atomic mass is 16.1. The van der Waals surface area contributed by atoms with E-state index >= 15 is 0 Å². The van der Waals surface area contributed by atoms with Gasteiger partial charge in [-0.3, -0.25) is 4.79 Å². The van der Waals surface area contributed by atoms with E-state index in [1.807, 2.05) is 47.4 Å². The van der Waals surface area contributed by atoms with Gasteiger partial charge in [-0.2, -0.15) is 5.10 Å². The van der Waals surface area contributed by atoms with Gasteiger partial charge in [-0.15, -0.1) is 0 Å². The Morgan fingerprint density at radius 1 is 1.35 bits per heavy atom. The van der Waals surface area contributed by atoms with E-state index in [1.165, 1.54) is 12.8 Å². The fraction of sp³-hybridized carbons (Fsp3) is 0.444. The molecule has 0 aliphatic carbocycles. The second-order valence-corrected chi connectivity index (χ2v) is 6.15. The first kappa shape index (κ1) is 15.7. The molecular formula is C18H24N4O. The number of amides is 1. The fourth-order valence-electron chi connectivity index (χ4n) is 2.91. The topological polar surface area (TPSA) is 59.0 Å². The lowest BCUT2D eigenvalue weighted by Crippen LogP contribution is -2.38. The van der Waals surface area contributed by atoms with Crippen LogP contribution < -0.4 is 10.6 Å². The van der Waals surface area contributed by atoms with Gasteiger partial charge in [0.1, 0.15) is 0 Å². The van der Waals surface area contributed by atoms with Crippen molar-refractivity contribution in [1.29, 1.82) is 0 Å². The van der Waals surface area contributed by atoms with E-state index in [0.29, 0.717) is 12.3 Å². The summed E-state index contributed by atoms with van der Waals surface area (Å²) in [6.07, 6.45) is 7.48. The van der Waals surface area contributed by atoms with Crippen LogP contribution in [0.3, 0.4) is 0 Å². The highest BCUT2D eigenvalue weighted by Gasteiger charge is 2.13. The maximum Gasteiger partial charge on any atom is 0.220 e. The van der Waals surface area contributed by atoms with Gasteiger partial charge in [0.2, 0.25) is 5.91 Å². The van der Waals surface area contributed by atoms with Crippen LogP contribution in [0, 0.1) is 5.92 Å². The smallest absolute Gasteiger partial charge is 0.220 e. The molecule has 1 unspecified atom stereocenters. The monoisotopic (exact) mass is 312 g/mol. The predicted molar refractivity (Wildman–Crippen MR) is 90.5 cm³/mol. The maximum absolute atomic E-state index is 12.0. The molecule has 1 fully saturated rings. The number of hydrogen-bond donors (Lipinski definition) is 2. The van der Waals surface area contributed by atoms with E-state index in [0.717, 1.165) is 37.3 Å². The molecule has 1 saturated heterocycles. The average molecular weight is 312 g/mol. The van der Waals surface area contributed by atoms with Crippen molar-refractivity contribution in [1.82, 2.24) is 20.4 Å². The second kappa shape index (κ2) is 7.92. The Balaban J connectivity index is 1.43. The number of para-hydroxylation sites is 1. The zero-order valence-electron chi connectivity index (χ0n) is 13.4. The van der Waals surface area contributed by atoms with E-state index in [9.17, 15) is 4.79 Å². The van der Waals surface area contributed by atoms with Crippen LogP contribution in [0.4, 0.5) is 0 Å². The molecule has 1 amide bonds. The quantitative estimate of drug-likeness (QED) is 0.857. The van der Waals surface area contributed by atoms with Crippen molar-refractivity contribution < 1.29 is 4.79 Å². The third kappa shape index (κ3) is 4.66. The summed E-state index contributed by atoms with van der Waals surface area (Å²) in [6.45, 7) is 2.91. The summed E-state index contributed by atoms with van der Waals surface area (Å²) in [5.74, 6) is 0.705. The van der Waals surface area contributed by atoms with Crippen LogP contribution in [0.1, 0.15) is 24.8 Å². The zero-order chi connectivity index (χ0) is 15.9. The number of piperidine rings is 1. The van der Waals surface area contributed by atoms with Crippen LogP contribution in [0.5, 0.6) is 0 Å². The summed E-state index contributed by atoms with van der Waals surface area (Å²) in [7, 11) is 0. The summed E-state index contributed by atoms with van der Waals surface area (Å²) in [5.41, 5.74) is 2.12. The lowest BCUT2D eigenvalue weighted by molar-refractivity contribution is -0.121. The number of nitrogens with zero attached hydrogens (tertiary/aromatic N) is 2. The van der Waals surface area contributed by atoms with Crippen molar-refractivity contribution >= 4 is 5.91 Å². The van der Waals surface area contributed by atoms with E-state index < -0.39 is 0 Å². The van der Waals surface area contributed by atoms with Crippen molar-refractivity contribution in [3.05, 3.63) is 48.3 Å². The summed E-state index contributed by atoms with van der Waals surface area (Å²) in [6, 6.07) is 10.00. The van der Waals surface area contributed by atoms with Gasteiger partial charge in [-0.05, 0) is 56.0 Å². The molecule has 0 radical (unpaired) electrons. The summed E-state index contributed by atoms with van der Waals surface area (Å²) in [5, 5.41) is 10.8. The molecule has 2 N–H and O–H groups in total. The first-order valence-electron chi connectivity index (χ1n) is 8.37. The van der Waals surface area contributed by atoms with Crippen molar-refractivity contribution in [2.45, 2.75) is 25.7 Å². The Labute approximate surface area is 137 Å². The van der Waals surface area contributed by atoms with Crippen molar-refractivity contribution in [2.75, 3.05) is 19.6 Å². The molecule has 3 rings (SSSR count). The number of rotatable bonds is 6. The molecular weight excluding hydrogens is 288 g/mol. The van der Waals surface area contributed by atoms with Gasteiger partial charge < -0.3 is 10.6 Å². The third-order valence-electron chi connectivity index (χ3n) is 4.28. The molecule has 1 aliphatic rings. The Hall–Kier alpha value is -2.14. The molecule has 2 heterocycles. The van der Waals surface area contributed by atoms with Crippen LogP contribution in [0.15, 0.2) is 42.7 Å². The first-order chi connectivity index (χ1) is 11.3. The summed E-state index contributed by atoms with van der Waals surface area (Å²) < 4.78 is 1.85. The number of carbonyl (C=O) groups is 1. The molecule has 5 nitrogen and oxygen atoms in total. The average Bonchev–Trinajstić information content (AvgIpc) is 3.09. The summed E-state index contributed by atoms with van der Waals surface area (Å²) in [4.78, 5) is 12.0. The number of carbonyl (C=O) groups excluding carboxylic acids is 1. The van der Waals surface area contributed by atoms with Gasteiger partial charge in [-0.25, -0.2) is 4.68 Å². The van der Waals surface area contributed by atoms with Crippen LogP contribution in [0.2, 0.25) is 0 Å². The van der Waals surface area contributed by atoms with E-state index in [2.05, 4.69) is 15.7 Å². The molecule has 122 valence electrons. The SMILES string of the molecule is O=C(CCc1cnn(-c2ccccc2)c1)NCC1CCCNC1. The normalized spacial score (nSPS) is 17.8. The maximum atomic E-state index is 12.0. The number of aromatic nitrogens is 2. The van der Waals surface area contributed by atoms with Crippen molar-refractivity contribution in [3.63, 3.8) is 0 Å². The minimum Gasteiger partial charge on any atom is -0.356 e. The number of aryl methyl sites for hydroxylation is 1. The van der Waals surface area contributed by atoms with Crippen LogP contribution in [0.25, 0.3) is 5.69 Å². The first-order valence-corrected chi connectivity index (χ1v) is 8.37. The number of benzene rings is 1. The second-order valence-electron chi connectivity index (χ2n) is 6.15. The molecule has 23 heavy (non-hydrogen) atoms. The Morgan fingerprint density at radius 2 is 2.22 bits per heavy atom. The molecule has 5 heteroatoms. The number of nitrogens with one attached hydrogen (secondary N) is 2. The zero-order valence-corrected chi connectivity index (χ0v) is 13.4. The molecule has 1 aromatic carbocycles. The standard InChI is InChI=1S/C18H24N4O/c23-18(20-12-15-5-4-10-19-11-15)9-8-16-13-21-22(14-16)17-6-2-1-3-7-17/h1-3,6-7,13-15,19H,4-5,8-12H2,(H,20,23). The largest absolute Gasteiger partial charge is 0.356 e. The van der Waals surface area contributed by atoms with Gasteiger partial charge in [0.25, 0.3) is 0 Å². The van der Waals surface area contributed by atoms with Gasteiger partial charge in [0.15, 0.2) is 0 Å². The molecule has 0 saturated carbocycles. The Kier molecular flexibility index (Phi) is 5.42. The van der Waals surface area contributed by atoms with E-state index in [4.69, 9.17) is 0 Å². The Bertz CT molecular complexity index is 617. The van der Waals surface area contributed by atoms with Gasteiger partial charge in [0, 0.05) is 19.2 Å².